The fourth-order valence-corrected chi connectivity index (χ4v) is 1.82. The van der Waals surface area contributed by atoms with Crippen LogP contribution >= 0.6 is 0 Å². The fourth-order valence-electron chi connectivity index (χ4n) is 1.82. The van der Waals surface area contributed by atoms with Gasteiger partial charge in [-0.2, -0.15) is 23.5 Å². The summed E-state index contributed by atoms with van der Waals surface area (Å²) in [4.78, 5) is 0. The van der Waals surface area contributed by atoms with Gasteiger partial charge in [-0.15, -0.1) is 0 Å². The van der Waals surface area contributed by atoms with Crippen LogP contribution in [0.3, 0.4) is 0 Å². The molecule has 0 saturated carbocycles. The normalized spacial score (nSPS) is 11.3. The summed E-state index contributed by atoms with van der Waals surface area (Å²) in [6.07, 6.45) is -3.54. The summed E-state index contributed by atoms with van der Waals surface area (Å²) in [6, 6.07) is 6.68. The molecule has 0 aliphatic rings. The Morgan fingerprint density at radius 3 is 2.60 bits per heavy atom. The standard InChI is InChI=1S/C13H11F3N4/c1-8-4-9(2-3-11(8)18)6-20-7-10(5-17)12(19-20)13(14,15)16/h2-4,7H,6,18H2,1H3. The van der Waals surface area contributed by atoms with E-state index in [9.17, 15) is 13.2 Å². The molecule has 20 heavy (non-hydrogen) atoms. The molecule has 0 aliphatic heterocycles. The zero-order valence-corrected chi connectivity index (χ0v) is 10.6. The fraction of sp³-hybridized carbons (Fsp3) is 0.231. The number of nitrogens with two attached hydrogens (primary N) is 1. The van der Waals surface area contributed by atoms with E-state index in [0.29, 0.717) is 5.69 Å². The predicted molar refractivity (Wildman–Crippen MR) is 66.6 cm³/mol. The third-order valence-corrected chi connectivity index (χ3v) is 2.83. The molecular formula is C13H11F3N4. The molecule has 2 rings (SSSR count). The zero-order valence-electron chi connectivity index (χ0n) is 10.6. The largest absolute Gasteiger partial charge is 0.436 e. The van der Waals surface area contributed by atoms with Gasteiger partial charge < -0.3 is 5.73 Å². The second-order valence-electron chi connectivity index (χ2n) is 4.39. The van der Waals surface area contributed by atoms with Crippen LogP contribution in [0.15, 0.2) is 24.4 Å². The van der Waals surface area contributed by atoms with E-state index in [0.717, 1.165) is 22.0 Å². The summed E-state index contributed by atoms with van der Waals surface area (Å²) in [6.45, 7) is 1.95. The van der Waals surface area contributed by atoms with Crippen LogP contribution in [0, 0.1) is 18.3 Å². The van der Waals surface area contributed by atoms with Crippen LogP contribution in [0.2, 0.25) is 0 Å². The minimum Gasteiger partial charge on any atom is -0.399 e. The molecule has 4 nitrogen and oxygen atoms in total. The van der Waals surface area contributed by atoms with Crippen molar-refractivity contribution in [3.05, 3.63) is 46.8 Å². The molecule has 0 radical (unpaired) electrons. The zero-order chi connectivity index (χ0) is 14.9. The van der Waals surface area contributed by atoms with Crippen LogP contribution < -0.4 is 5.73 Å². The van der Waals surface area contributed by atoms with Crippen molar-refractivity contribution in [3.8, 4) is 6.07 Å². The van der Waals surface area contributed by atoms with Crippen molar-refractivity contribution in [1.82, 2.24) is 9.78 Å². The molecule has 0 fully saturated rings. The van der Waals surface area contributed by atoms with Gasteiger partial charge in [-0.25, -0.2) is 0 Å². The number of hydrogen-bond donors (Lipinski definition) is 1. The predicted octanol–water partition coefficient (Wildman–Crippen LogP) is 2.71. The highest BCUT2D eigenvalue weighted by atomic mass is 19.4. The van der Waals surface area contributed by atoms with Gasteiger partial charge >= 0.3 is 6.18 Å². The Kier molecular flexibility index (Phi) is 3.40. The quantitative estimate of drug-likeness (QED) is 0.860. The topological polar surface area (TPSA) is 67.6 Å². The lowest BCUT2D eigenvalue weighted by atomic mass is 10.1. The van der Waals surface area contributed by atoms with Gasteiger partial charge in [0.05, 0.1) is 6.54 Å². The average Bonchev–Trinajstić information content (AvgIpc) is 2.77. The lowest BCUT2D eigenvalue weighted by Crippen LogP contribution is -2.09. The van der Waals surface area contributed by atoms with Crippen LogP contribution in [-0.2, 0) is 12.7 Å². The van der Waals surface area contributed by atoms with Crippen molar-refractivity contribution in [1.29, 1.82) is 5.26 Å². The first-order valence-electron chi connectivity index (χ1n) is 5.71. The maximum absolute atomic E-state index is 12.7. The van der Waals surface area contributed by atoms with Crippen molar-refractivity contribution < 1.29 is 13.2 Å². The summed E-state index contributed by atoms with van der Waals surface area (Å²) in [5.74, 6) is 0. The summed E-state index contributed by atoms with van der Waals surface area (Å²) in [5, 5.41) is 12.2. The molecule has 104 valence electrons. The Hall–Kier alpha value is -2.49. The SMILES string of the molecule is Cc1cc(Cn2cc(C#N)c(C(F)(F)F)n2)ccc1N. The summed E-state index contributed by atoms with van der Waals surface area (Å²) >= 11 is 0. The number of aromatic nitrogens is 2. The van der Waals surface area contributed by atoms with Gasteiger partial charge in [0.2, 0.25) is 0 Å². The van der Waals surface area contributed by atoms with Gasteiger partial charge in [0.15, 0.2) is 5.69 Å². The van der Waals surface area contributed by atoms with E-state index in [1.165, 1.54) is 6.07 Å². The highest BCUT2D eigenvalue weighted by Crippen LogP contribution is 2.30. The Morgan fingerprint density at radius 1 is 1.40 bits per heavy atom. The lowest BCUT2D eigenvalue weighted by molar-refractivity contribution is -0.141. The molecule has 1 aromatic heterocycles. The molecule has 1 aromatic carbocycles. The number of alkyl halides is 3. The summed E-state index contributed by atoms with van der Waals surface area (Å²) < 4.78 is 39.1. The lowest BCUT2D eigenvalue weighted by Gasteiger charge is -2.06. The Labute approximate surface area is 113 Å². The molecule has 0 saturated heterocycles. The molecule has 2 N–H and O–H groups in total. The maximum Gasteiger partial charge on any atom is 0.436 e. The van der Waals surface area contributed by atoms with Gasteiger partial charge in [0.25, 0.3) is 0 Å². The van der Waals surface area contributed by atoms with Crippen LogP contribution in [0.1, 0.15) is 22.4 Å². The number of benzene rings is 1. The van der Waals surface area contributed by atoms with Crippen molar-refractivity contribution in [2.24, 2.45) is 0 Å². The van der Waals surface area contributed by atoms with E-state index < -0.39 is 17.4 Å². The Bertz CT molecular complexity index is 680. The second-order valence-corrected chi connectivity index (χ2v) is 4.39. The molecule has 7 heteroatoms. The number of nitrogens with zero attached hydrogens (tertiary/aromatic N) is 3. The third-order valence-electron chi connectivity index (χ3n) is 2.83. The molecule has 0 aliphatic carbocycles. The van der Waals surface area contributed by atoms with Crippen LogP contribution in [0.4, 0.5) is 18.9 Å². The minimum atomic E-state index is -4.63. The molecule has 0 amide bonds. The van der Waals surface area contributed by atoms with E-state index in [1.807, 2.05) is 6.92 Å². The monoisotopic (exact) mass is 280 g/mol. The van der Waals surface area contributed by atoms with Gasteiger partial charge in [0, 0.05) is 11.9 Å². The van der Waals surface area contributed by atoms with Crippen molar-refractivity contribution >= 4 is 5.69 Å². The maximum atomic E-state index is 12.7. The highest BCUT2D eigenvalue weighted by Gasteiger charge is 2.37. The van der Waals surface area contributed by atoms with E-state index in [2.05, 4.69) is 5.10 Å². The van der Waals surface area contributed by atoms with Crippen LogP contribution in [-0.4, -0.2) is 9.78 Å². The number of aryl methyl sites for hydroxylation is 1. The Morgan fingerprint density at radius 2 is 2.10 bits per heavy atom. The van der Waals surface area contributed by atoms with Gasteiger partial charge in [0.1, 0.15) is 11.6 Å². The van der Waals surface area contributed by atoms with Crippen molar-refractivity contribution in [3.63, 3.8) is 0 Å². The number of hydrogen-bond acceptors (Lipinski definition) is 3. The first-order chi connectivity index (χ1) is 9.31. The number of halogens is 3. The first-order valence-corrected chi connectivity index (χ1v) is 5.71. The summed E-state index contributed by atoms with van der Waals surface area (Å²) in [7, 11) is 0. The molecule has 2 aromatic rings. The molecule has 0 spiro atoms. The molecule has 0 bridgehead atoms. The molecular weight excluding hydrogens is 269 g/mol. The molecule has 0 atom stereocenters. The number of nitrogen functional groups attached to an aromatic ring is 1. The van der Waals surface area contributed by atoms with E-state index in [4.69, 9.17) is 11.0 Å². The van der Waals surface area contributed by atoms with E-state index in [-0.39, 0.29) is 6.54 Å². The van der Waals surface area contributed by atoms with Gasteiger partial charge in [-0.05, 0) is 24.1 Å². The average molecular weight is 280 g/mol. The number of nitriles is 1. The van der Waals surface area contributed by atoms with E-state index in [1.54, 1.807) is 18.2 Å². The number of anilines is 1. The van der Waals surface area contributed by atoms with Crippen molar-refractivity contribution in [2.45, 2.75) is 19.6 Å². The van der Waals surface area contributed by atoms with Crippen LogP contribution in [0.25, 0.3) is 0 Å². The third kappa shape index (κ3) is 2.74. The highest BCUT2D eigenvalue weighted by molar-refractivity contribution is 5.47. The smallest absolute Gasteiger partial charge is 0.399 e. The Balaban J connectivity index is 2.33. The molecule has 1 heterocycles. The second kappa shape index (κ2) is 4.89. The van der Waals surface area contributed by atoms with Gasteiger partial charge in [-0.3, -0.25) is 4.68 Å². The number of rotatable bonds is 2. The van der Waals surface area contributed by atoms with Crippen molar-refractivity contribution in [2.75, 3.05) is 5.73 Å². The van der Waals surface area contributed by atoms with E-state index >= 15 is 0 Å². The van der Waals surface area contributed by atoms with Gasteiger partial charge in [-0.1, -0.05) is 12.1 Å². The van der Waals surface area contributed by atoms with Crippen LogP contribution in [0.5, 0.6) is 0 Å². The molecule has 0 unspecified atom stereocenters. The first kappa shape index (κ1) is 13.9. The minimum absolute atomic E-state index is 0.145. The summed E-state index contributed by atoms with van der Waals surface area (Å²) in [5.41, 5.74) is 6.25.